The van der Waals surface area contributed by atoms with Gasteiger partial charge in [-0.15, -0.1) is 0 Å². The highest BCUT2D eigenvalue weighted by Crippen LogP contribution is 2.45. The van der Waals surface area contributed by atoms with Crippen molar-refractivity contribution in [2.45, 2.75) is 104 Å². The monoisotopic (exact) mass is 665 g/mol. The molecule has 0 fully saturated rings. The van der Waals surface area contributed by atoms with E-state index >= 15 is 0 Å². The van der Waals surface area contributed by atoms with Gasteiger partial charge in [-0.2, -0.15) is 11.3 Å². The van der Waals surface area contributed by atoms with Gasteiger partial charge < -0.3 is 14.4 Å². The van der Waals surface area contributed by atoms with Crippen molar-refractivity contribution in [2.75, 3.05) is 4.90 Å². The molecular formula is C44H48BNO2S. The van der Waals surface area contributed by atoms with Gasteiger partial charge in [0.25, 0.3) is 6.71 Å². The fraction of sp³-hybridized carbons (Fsp3) is 0.364. The number of aryl methyl sites for hydroxylation is 1. The van der Waals surface area contributed by atoms with Gasteiger partial charge >= 0.3 is 0 Å². The average Bonchev–Trinajstić information content (AvgIpc) is 3.42. The first-order valence-corrected chi connectivity index (χ1v) is 18.8. The molecule has 4 aromatic carbocycles. The molecule has 0 unspecified atom stereocenters. The van der Waals surface area contributed by atoms with Crippen LogP contribution in [0.3, 0.4) is 0 Å². The van der Waals surface area contributed by atoms with Gasteiger partial charge in [0.05, 0.1) is 0 Å². The van der Waals surface area contributed by atoms with Crippen LogP contribution in [0.4, 0.5) is 17.1 Å². The Labute approximate surface area is 297 Å². The topological polar surface area (TPSA) is 21.7 Å². The summed E-state index contributed by atoms with van der Waals surface area (Å²) >= 11 is 1.97. The molecule has 0 radical (unpaired) electrons. The first kappa shape index (κ1) is 32.3. The molecule has 2 aliphatic heterocycles. The van der Waals surface area contributed by atoms with Crippen LogP contribution in [0.15, 0.2) is 78.9 Å². The molecule has 5 heteroatoms. The maximum Gasteiger partial charge on any atom is 0.273 e. The van der Waals surface area contributed by atoms with Gasteiger partial charge in [-0.3, -0.25) is 0 Å². The smallest absolute Gasteiger partial charge is 0.273 e. The highest BCUT2D eigenvalue weighted by Gasteiger charge is 2.44. The number of ether oxygens (including phenoxy) is 2. The van der Waals surface area contributed by atoms with Gasteiger partial charge in [0.15, 0.2) is 0 Å². The van der Waals surface area contributed by atoms with Gasteiger partial charge in [0.2, 0.25) is 0 Å². The summed E-state index contributed by atoms with van der Waals surface area (Å²) in [6.45, 7) is 20.5. The Morgan fingerprint density at radius 1 is 0.571 bits per heavy atom. The molecule has 0 bridgehead atoms. The molecule has 0 saturated carbocycles. The molecule has 8 rings (SSSR count). The zero-order valence-electron chi connectivity index (χ0n) is 30.6. The SMILES string of the molecule is CC(C)(C)c1ccc(N(c2ccc(C(C)(C)C)cc2)c2ccc3c(c2)Oc2cc(C(C)(C)C)cc4c2B3c2sc3c(c2O4)CCCC3)cc1. The van der Waals surface area contributed by atoms with Crippen molar-refractivity contribution < 1.29 is 9.47 Å². The molecule has 3 aliphatic rings. The maximum absolute atomic E-state index is 6.97. The fourth-order valence-electron chi connectivity index (χ4n) is 7.66. The minimum atomic E-state index is -0.0422. The number of anilines is 3. The van der Waals surface area contributed by atoms with E-state index in [1.165, 1.54) is 55.7 Å². The van der Waals surface area contributed by atoms with E-state index < -0.39 is 0 Å². The molecule has 0 amide bonds. The van der Waals surface area contributed by atoms with Crippen molar-refractivity contribution in [2.24, 2.45) is 0 Å². The first-order valence-electron chi connectivity index (χ1n) is 18.0. The Morgan fingerprint density at radius 2 is 1.10 bits per heavy atom. The molecule has 0 N–H and O–H groups in total. The Balaban J connectivity index is 1.29. The molecule has 1 aliphatic carbocycles. The maximum atomic E-state index is 6.97. The lowest BCUT2D eigenvalue weighted by Gasteiger charge is -2.34. The van der Waals surface area contributed by atoms with Crippen LogP contribution < -0.4 is 30.1 Å². The molecule has 0 spiro atoms. The second kappa shape index (κ2) is 11.3. The summed E-state index contributed by atoms with van der Waals surface area (Å²) in [6, 6.07) is 29.5. The number of hydrogen-bond acceptors (Lipinski definition) is 4. The van der Waals surface area contributed by atoms with E-state index in [1.807, 2.05) is 11.3 Å². The van der Waals surface area contributed by atoms with Crippen LogP contribution in [0.5, 0.6) is 23.0 Å². The summed E-state index contributed by atoms with van der Waals surface area (Å²) < 4.78 is 15.2. The van der Waals surface area contributed by atoms with E-state index in [0.29, 0.717) is 0 Å². The zero-order valence-corrected chi connectivity index (χ0v) is 31.4. The fourth-order valence-corrected chi connectivity index (χ4v) is 9.11. The molecule has 0 atom stereocenters. The van der Waals surface area contributed by atoms with Gasteiger partial charge in [-0.25, -0.2) is 0 Å². The Bertz CT molecular complexity index is 2010. The number of thiophene rings is 1. The van der Waals surface area contributed by atoms with Crippen LogP contribution in [-0.2, 0) is 29.1 Å². The second-order valence-electron chi connectivity index (χ2n) is 17.3. The van der Waals surface area contributed by atoms with Crippen molar-refractivity contribution in [3.05, 3.63) is 106 Å². The molecule has 0 saturated heterocycles. The van der Waals surface area contributed by atoms with Crippen molar-refractivity contribution >= 4 is 50.8 Å². The summed E-state index contributed by atoms with van der Waals surface area (Å²) in [4.78, 5) is 3.88. The summed E-state index contributed by atoms with van der Waals surface area (Å²) in [5.74, 6) is 3.92. The van der Waals surface area contributed by atoms with Gasteiger partial charge in [0.1, 0.15) is 23.0 Å². The van der Waals surface area contributed by atoms with E-state index in [-0.39, 0.29) is 23.0 Å². The van der Waals surface area contributed by atoms with Crippen LogP contribution >= 0.6 is 11.3 Å². The first-order chi connectivity index (χ1) is 23.2. The minimum Gasteiger partial charge on any atom is -0.458 e. The molecule has 5 aromatic rings. The van der Waals surface area contributed by atoms with E-state index in [9.17, 15) is 0 Å². The van der Waals surface area contributed by atoms with E-state index in [0.717, 1.165) is 52.9 Å². The van der Waals surface area contributed by atoms with Crippen molar-refractivity contribution in [3.63, 3.8) is 0 Å². The molecule has 1 aromatic heterocycles. The normalized spacial score (nSPS) is 15.0. The zero-order chi connectivity index (χ0) is 34.5. The minimum absolute atomic E-state index is 0.0422. The Kier molecular flexibility index (Phi) is 7.43. The predicted molar refractivity (Wildman–Crippen MR) is 209 cm³/mol. The number of nitrogens with zero attached hydrogens (tertiary/aromatic N) is 1. The lowest BCUT2D eigenvalue weighted by Crippen LogP contribution is -2.56. The summed E-state index contributed by atoms with van der Waals surface area (Å²) in [5.41, 5.74) is 11.2. The predicted octanol–water partition coefficient (Wildman–Crippen LogP) is 10.7. The van der Waals surface area contributed by atoms with Crippen LogP contribution in [0.25, 0.3) is 0 Å². The van der Waals surface area contributed by atoms with Gasteiger partial charge in [-0.1, -0.05) is 92.6 Å². The number of benzene rings is 4. The molecule has 49 heavy (non-hydrogen) atoms. The van der Waals surface area contributed by atoms with Crippen LogP contribution in [0.2, 0.25) is 0 Å². The standard InChI is InChI=1S/C44H48BNO2S/c1-42(2,3)27-14-18-30(19-15-27)46(31-20-16-28(17-21-31)43(4,5)6)32-22-23-34-35(26-32)47-36-24-29(44(7,8)9)25-37-39(36)45(34)41-40(48-37)33-12-10-11-13-38(33)49-41/h14-26H,10-13H2,1-9H3. The molecular weight excluding hydrogens is 617 g/mol. The van der Waals surface area contributed by atoms with Crippen molar-refractivity contribution in [1.29, 1.82) is 0 Å². The molecule has 250 valence electrons. The third-order valence-corrected chi connectivity index (χ3v) is 12.0. The number of fused-ring (bicyclic) bond motifs is 6. The van der Waals surface area contributed by atoms with Crippen LogP contribution in [-0.4, -0.2) is 6.71 Å². The quantitative estimate of drug-likeness (QED) is 0.175. The van der Waals surface area contributed by atoms with E-state index in [2.05, 4.69) is 146 Å². The largest absolute Gasteiger partial charge is 0.458 e. The Hall–Kier alpha value is -3.96. The highest BCUT2D eigenvalue weighted by molar-refractivity contribution is 7.28. The van der Waals surface area contributed by atoms with E-state index in [1.54, 1.807) is 0 Å². The van der Waals surface area contributed by atoms with Crippen molar-refractivity contribution in [1.82, 2.24) is 0 Å². The van der Waals surface area contributed by atoms with Crippen LogP contribution in [0.1, 0.15) is 102 Å². The highest BCUT2D eigenvalue weighted by atomic mass is 32.1. The third-order valence-electron chi connectivity index (χ3n) is 10.7. The molecule has 3 heterocycles. The second-order valence-corrected chi connectivity index (χ2v) is 18.5. The Morgan fingerprint density at radius 3 is 1.67 bits per heavy atom. The number of hydrogen-bond donors (Lipinski definition) is 0. The third kappa shape index (κ3) is 5.59. The van der Waals surface area contributed by atoms with E-state index in [4.69, 9.17) is 9.47 Å². The summed E-state index contributed by atoms with van der Waals surface area (Å²) in [5, 5.41) is 0. The van der Waals surface area contributed by atoms with Gasteiger partial charge in [-0.05, 0) is 107 Å². The lowest BCUT2D eigenvalue weighted by molar-refractivity contribution is 0.455. The average molecular weight is 666 g/mol. The van der Waals surface area contributed by atoms with Crippen molar-refractivity contribution in [3.8, 4) is 23.0 Å². The molecule has 3 nitrogen and oxygen atoms in total. The summed E-state index contributed by atoms with van der Waals surface area (Å²) in [7, 11) is 0. The van der Waals surface area contributed by atoms with Gasteiger partial charge in [0, 0.05) is 43.8 Å². The van der Waals surface area contributed by atoms with Crippen LogP contribution in [0, 0.1) is 0 Å². The lowest BCUT2D eigenvalue weighted by atomic mass is 9.37. The summed E-state index contributed by atoms with van der Waals surface area (Å²) in [6.07, 6.45) is 4.75. The number of rotatable bonds is 3.